The first kappa shape index (κ1) is 19.5. The predicted molar refractivity (Wildman–Crippen MR) is 96.9 cm³/mol. The number of alkyl carbamates (subject to hydrolysis) is 1. The number of nitrogens with zero attached hydrogens (tertiary/aromatic N) is 2. The van der Waals surface area contributed by atoms with Gasteiger partial charge < -0.3 is 15.2 Å². The summed E-state index contributed by atoms with van der Waals surface area (Å²) in [4.78, 5) is 23.0. The Kier molecular flexibility index (Phi) is 7.96. The first-order valence-corrected chi connectivity index (χ1v) is 9.65. The van der Waals surface area contributed by atoms with E-state index in [1.54, 1.807) is 0 Å². The number of amides is 1. The zero-order valence-electron chi connectivity index (χ0n) is 13.1. The van der Waals surface area contributed by atoms with Crippen molar-refractivity contribution in [3.63, 3.8) is 0 Å². The van der Waals surface area contributed by atoms with Gasteiger partial charge in [-0.1, -0.05) is 41.7 Å². The largest absolute Gasteiger partial charge is 0.480 e. The lowest BCUT2D eigenvalue weighted by molar-refractivity contribution is -0.139. The van der Waals surface area contributed by atoms with Crippen molar-refractivity contribution in [1.82, 2.24) is 15.5 Å². The van der Waals surface area contributed by atoms with Crippen LogP contribution in [0.1, 0.15) is 17.0 Å². The van der Waals surface area contributed by atoms with Crippen molar-refractivity contribution in [2.45, 2.75) is 24.8 Å². The van der Waals surface area contributed by atoms with E-state index >= 15 is 0 Å². The van der Waals surface area contributed by atoms with Crippen LogP contribution in [0.4, 0.5) is 4.79 Å². The van der Waals surface area contributed by atoms with Crippen LogP contribution in [0.2, 0.25) is 4.47 Å². The van der Waals surface area contributed by atoms with Crippen LogP contribution >= 0.6 is 34.7 Å². The molecule has 1 unspecified atom stereocenters. The molecule has 134 valence electrons. The summed E-state index contributed by atoms with van der Waals surface area (Å²) >= 11 is 8.47. The molecule has 1 amide bonds. The highest BCUT2D eigenvalue weighted by atomic mass is 35.5. The Hall–Kier alpha value is -1.84. The van der Waals surface area contributed by atoms with Crippen molar-refractivity contribution >= 4 is 46.8 Å². The monoisotopic (exact) mass is 401 g/mol. The predicted octanol–water partition coefficient (Wildman–Crippen LogP) is 3.19. The Labute approximate surface area is 157 Å². The maximum absolute atomic E-state index is 11.8. The number of aromatic nitrogens is 2. The second-order valence-electron chi connectivity index (χ2n) is 4.89. The van der Waals surface area contributed by atoms with Crippen LogP contribution in [-0.2, 0) is 21.9 Å². The molecule has 7 nitrogen and oxygen atoms in total. The van der Waals surface area contributed by atoms with Gasteiger partial charge in [0.2, 0.25) is 4.47 Å². The van der Waals surface area contributed by atoms with Gasteiger partial charge in [0, 0.05) is 5.75 Å². The van der Waals surface area contributed by atoms with Crippen LogP contribution in [0.15, 0.2) is 30.3 Å². The van der Waals surface area contributed by atoms with Gasteiger partial charge in [0.15, 0.2) is 0 Å². The van der Waals surface area contributed by atoms with E-state index in [0.29, 0.717) is 16.0 Å². The van der Waals surface area contributed by atoms with Crippen LogP contribution in [0.5, 0.6) is 0 Å². The van der Waals surface area contributed by atoms with Gasteiger partial charge in [-0.15, -0.1) is 10.2 Å². The molecular weight excluding hydrogens is 386 g/mol. The van der Waals surface area contributed by atoms with E-state index in [1.807, 2.05) is 30.3 Å². The van der Waals surface area contributed by atoms with Crippen LogP contribution < -0.4 is 5.32 Å². The second kappa shape index (κ2) is 10.2. The smallest absolute Gasteiger partial charge is 0.408 e. The third-order valence-corrected chi connectivity index (χ3v) is 5.22. The Morgan fingerprint density at radius 3 is 2.72 bits per heavy atom. The van der Waals surface area contributed by atoms with E-state index in [9.17, 15) is 14.7 Å². The van der Waals surface area contributed by atoms with Gasteiger partial charge in [-0.2, -0.15) is 11.8 Å². The minimum absolute atomic E-state index is 0.0889. The number of nitrogens with one attached hydrogen (secondary N) is 1. The van der Waals surface area contributed by atoms with Crippen molar-refractivity contribution in [1.29, 1.82) is 0 Å². The summed E-state index contributed by atoms with van der Waals surface area (Å²) in [6, 6.07) is 8.15. The molecule has 1 heterocycles. The number of hydrogen-bond donors (Lipinski definition) is 2. The number of aliphatic carboxylic acids is 1. The summed E-state index contributed by atoms with van der Waals surface area (Å²) < 4.78 is 5.41. The van der Waals surface area contributed by atoms with Crippen LogP contribution in [-0.4, -0.2) is 39.2 Å². The summed E-state index contributed by atoms with van der Waals surface area (Å²) in [5.74, 6) is 0.0266. The molecule has 0 radical (unpaired) electrons. The van der Waals surface area contributed by atoms with E-state index < -0.39 is 18.1 Å². The fraction of sp³-hybridized carbons (Fsp3) is 0.333. The molecule has 0 aliphatic carbocycles. The number of benzene rings is 1. The third kappa shape index (κ3) is 7.29. The molecule has 2 N–H and O–H groups in total. The Morgan fingerprint density at radius 1 is 1.32 bits per heavy atom. The van der Waals surface area contributed by atoms with Crippen molar-refractivity contribution in [3.05, 3.63) is 45.4 Å². The average molecular weight is 402 g/mol. The fourth-order valence-corrected chi connectivity index (χ4v) is 3.74. The molecule has 2 rings (SSSR count). The molecule has 0 saturated carbocycles. The molecule has 1 aromatic carbocycles. The summed E-state index contributed by atoms with van der Waals surface area (Å²) in [6.45, 7) is 0.0889. The fourth-order valence-electron chi connectivity index (χ4n) is 1.82. The molecule has 1 aromatic heterocycles. The molecule has 0 aliphatic rings. The first-order chi connectivity index (χ1) is 12.0. The van der Waals surface area contributed by atoms with Gasteiger partial charge in [0.25, 0.3) is 0 Å². The van der Waals surface area contributed by atoms with Gasteiger partial charge >= 0.3 is 12.1 Å². The van der Waals surface area contributed by atoms with Gasteiger partial charge in [0.1, 0.15) is 17.7 Å². The number of ether oxygens (including phenoxy) is 1. The van der Waals surface area contributed by atoms with E-state index in [-0.39, 0.29) is 13.0 Å². The summed E-state index contributed by atoms with van der Waals surface area (Å²) in [7, 11) is 0. The molecule has 0 saturated heterocycles. The molecular formula is C15H16ClN3O4S2. The van der Waals surface area contributed by atoms with Crippen LogP contribution in [0.3, 0.4) is 0 Å². The number of thioether (sulfide) groups is 1. The lowest BCUT2D eigenvalue weighted by atomic mass is 10.2. The number of carbonyl (C=O) groups is 2. The van der Waals surface area contributed by atoms with Crippen LogP contribution in [0, 0.1) is 0 Å². The number of hydrogen-bond acceptors (Lipinski definition) is 7. The molecule has 10 heteroatoms. The number of rotatable bonds is 9. The normalized spacial score (nSPS) is 11.7. The van der Waals surface area contributed by atoms with Gasteiger partial charge in [0.05, 0.1) is 0 Å². The molecule has 1 atom stereocenters. The van der Waals surface area contributed by atoms with E-state index in [2.05, 4.69) is 15.5 Å². The SMILES string of the molecule is O=C(NC(CCSCc1nnc(Cl)s1)C(=O)O)OCc1ccccc1. The maximum Gasteiger partial charge on any atom is 0.408 e. The number of halogens is 1. The van der Waals surface area contributed by atoms with Gasteiger partial charge in [-0.25, -0.2) is 9.59 Å². The Morgan fingerprint density at radius 2 is 2.08 bits per heavy atom. The highest BCUT2D eigenvalue weighted by Gasteiger charge is 2.20. The maximum atomic E-state index is 11.8. The second-order valence-corrected chi connectivity index (χ2v) is 7.64. The van der Waals surface area contributed by atoms with Crippen molar-refractivity contribution in [3.8, 4) is 0 Å². The van der Waals surface area contributed by atoms with Crippen molar-refractivity contribution < 1.29 is 19.4 Å². The minimum atomic E-state index is -1.10. The Bertz CT molecular complexity index is 699. The van der Waals surface area contributed by atoms with E-state index in [0.717, 1.165) is 10.6 Å². The van der Waals surface area contributed by atoms with Crippen LogP contribution in [0.25, 0.3) is 0 Å². The van der Waals surface area contributed by atoms with Crippen molar-refractivity contribution in [2.75, 3.05) is 5.75 Å². The number of carboxylic acids is 1. The minimum Gasteiger partial charge on any atom is -0.480 e. The zero-order chi connectivity index (χ0) is 18.1. The first-order valence-electron chi connectivity index (χ1n) is 7.30. The molecule has 0 aliphatic heterocycles. The highest BCUT2D eigenvalue weighted by molar-refractivity contribution is 7.98. The van der Waals surface area contributed by atoms with E-state index in [1.165, 1.54) is 23.1 Å². The molecule has 0 fully saturated rings. The number of carboxylic acid groups (broad SMARTS) is 1. The lowest BCUT2D eigenvalue weighted by Crippen LogP contribution is -2.41. The van der Waals surface area contributed by atoms with Gasteiger partial charge in [-0.05, 0) is 29.3 Å². The quantitative estimate of drug-likeness (QED) is 0.622. The molecule has 25 heavy (non-hydrogen) atoms. The number of carbonyl (C=O) groups excluding carboxylic acids is 1. The molecule has 0 bridgehead atoms. The summed E-state index contributed by atoms with van der Waals surface area (Å²) in [5, 5.41) is 19.9. The topological polar surface area (TPSA) is 101 Å². The molecule has 0 spiro atoms. The van der Waals surface area contributed by atoms with E-state index in [4.69, 9.17) is 16.3 Å². The van der Waals surface area contributed by atoms with Crippen molar-refractivity contribution in [2.24, 2.45) is 0 Å². The Balaban J connectivity index is 1.70. The van der Waals surface area contributed by atoms with Gasteiger partial charge in [-0.3, -0.25) is 0 Å². The standard InChI is InChI=1S/C15H16ClN3O4S2/c16-14-19-18-12(25-14)9-24-7-6-11(13(20)21)17-15(22)23-8-10-4-2-1-3-5-10/h1-5,11H,6-9H2,(H,17,22)(H,20,21). The molecule has 2 aromatic rings. The zero-order valence-corrected chi connectivity index (χ0v) is 15.4. The summed E-state index contributed by atoms with van der Waals surface area (Å²) in [6.07, 6.45) is -0.482. The third-order valence-electron chi connectivity index (χ3n) is 3.02. The average Bonchev–Trinajstić information content (AvgIpc) is 3.01. The summed E-state index contributed by atoms with van der Waals surface area (Å²) in [5.41, 5.74) is 0.829. The lowest BCUT2D eigenvalue weighted by Gasteiger charge is -2.14. The highest BCUT2D eigenvalue weighted by Crippen LogP contribution is 2.20.